The average molecular weight is 279 g/mol. The van der Waals surface area contributed by atoms with Crippen molar-refractivity contribution in [1.29, 1.82) is 0 Å². The van der Waals surface area contributed by atoms with Crippen molar-refractivity contribution in [3.8, 4) is 0 Å². The zero-order valence-electron chi connectivity index (χ0n) is 11.2. The van der Waals surface area contributed by atoms with Crippen LogP contribution in [0.4, 0.5) is 4.39 Å². The Morgan fingerprint density at radius 2 is 2.16 bits per heavy atom. The lowest BCUT2D eigenvalue weighted by Crippen LogP contribution is -2.13. The van der Waals surface area contributed by atoms with Gasteiger partial charge in [0.05, 0.1) is 11.2 Å². The predicted molar refractivity (Wildman–Crippen MR) is 76.0 cm³/mol. The first-order chi connectivity index (χ1) is 9.19. The van der Waals surface area contributed by atoms with Crippen molar-refractivity contribution in [1.82, 2.24) is 5.32 Å². The zero-order valence-corrected chi connectivity index (χ0v) is 12.0. The summed E-state index contributed by atoms with van der Waals surface area (Å²) in [7, 11) is 0. The van der Waals surface area contributed by atoms with Crippen LogP contribution in [0.3, 0.4) is 0 Å². The molecule has 0 aliphatic heterocycles. The summed E-state index contributed by atoms with van der Waals surface area (Å²) < 4.78 is 18.9. The van der Waals surface area contributed by atoms with Crippen LogP contribution < -0.4 is 5.32 Å². The van der Waals surface area contributed by atoms with E-state index in [1.165, 1.54) is 11.8 Å². The first kappa shape index (κ1) is 14.2. The highest BCUT2D eigenvalue weighted by Crippen LogP contribution is 2.31. The van der Waals surface area contributed by atoms with E-state index in [0.29, 0.717) is 6.54 Å². The largest absolute Gasteiger partial charge is 0.468 e. The normalized spacial score (nSPS) is 10.9. The Morgan fingerprint density at radius 3 is 2.84 bits per heavy atom. The summed E-state index contributed by atoms with van der Waals surface area (Å²) in [5.74, 6) is 0.666. The summed E-state index contributed by atoms with van der Waals surface area (Å²) in [5.41, 5.74) is 0.970. The second-order valence-corrected chi connectivity index (χ2v) is 5.53. The summed E-state index contributed by atoms with van der Waals surface area (Å²) in [5, 5.41) is 3.28. The molecule has 0 atom stereocenters. The summed E-state index contributed by atoms with van der Waals surface area (Å²) >= 11 is 1.53. The number of hydrogen-bond donors (Lipinski definition) is 1. The van der Waals surface area contributed by atoms with Gasteiger partial charge in [0.25, 0.3) is 0 Å². The highest BCUT2D eigenvalue weighted by molar-refractivity contribution is 7.99. The van der Waals surface area contributed by atoms with Crippen LogP contribution in [0, 0.1) is 12.7 Å². The molecule has 0 spiro atoms. The number of nitrogens with one attached hydrogen (secondary N) is 1. The van der Waals surface area contributed by atoms with Gasteiger partial charge < -0.3 is 9.73 Å². The van der Waals surface area contributed by atoms with E-state index >= 15 is 0 Å². The quantitative estimate of drug-likeness (QED) is 0.794. The minimum Gasteiger partial charge on any atom is -0.468 e. The standard InChI is InChI=1S/C15H18FNOS/c1-3-5-17-10-12-7-13(16)9-14(8-12)19-15-4-6-18-11(15)2/h4,6-9,17H,3,5,10H2,1-2H3. The van der Waals surface area contributed by atoms with E-state index in [1.54, 1.807) is 18.4 Å². The lowest BCUT2D eigenvalue weighted by molar-refractivity contribution is 0.527. The van der Waals surface area contributed by atoms with E-state index in [9.17, 15) is 4.39 Å². The maximum atomic E-state index is 13.6. The molecule has 0 saturated carbocycles. The molecule has 2 aromatic rings. The highest BCUT2D eigenvalue weighted by atomic mass is 32.2. The lowest BCUT2D eigenvalue weighted by Gasteiger charge is -2.07. The minimum absolute atomic E-state index is 0.195. The van der Waals surface area contributed by atoms with Crippen molar-refractivity contribution in [2.45, 2.75) is 36.6 Å². The second kappa shape index (κ2) is 6.78. The van der Waals surface area contributed by atoms with Crippen molar-refractivity contribution in [2.75, 3.05) is 6.54 Å². The van der Waals surface area contributed by atoms with Crippen LogP contribution in [0.15, 0.2) is 44.7 Å². The van der Waals surface area contributed by atoms with Crippen molar-refractivity contribution < 1.29 is 8.81 Å². The van der Waals surface area contributed by atoms with E-state index in [1.807, 2.05) is 19.1 Å². The molecule has 0 fully saturated rings. The molecule has 0 bridgehead atoms. The highest BCUT2D eigenvalue weighted by Gasteiger charge is 2.06. The maximum absolute atomic E-state index is 13.6. The van der Waals surface area contributed by atoms with Gasteiger partial charge in [-0.3, -0.25) is 0 Å². The smallest absolute Gasteiger partial charge is 0.124 e. The Labute approximate surface area is 117 Å². The second-order valence-electron chi connectivity index (χ2n) is 4.42. The van der Waals surface area contributed by atoms with Gasteiger partial charge in [0.15, 0.2) is 0 Å². The number of halogens is 1. The molecule has 0 aliphatic rings. The van der Waals surface area contributed by atoms with E-state index in [0.717, 1.165) is 34.1 Å². The third-order valence-electron chi connectivity index (χ3n) is 2.73. The number of rotatable bonds is 6. The Kier molecular flexibility index (Phi) is 5.05. The third kappa shape index (κ3) is 4.11. The van der Waals surface area contributed by atoms with E-state index in [-0.39, 0.29) is 5.82 Å². The molecule has 0 aliphatic carbocycles. The van der Waals surface area contributed by atoms with Gasteiger partial charge in [-0.2, -0.15) is 0 Å². The number of benzene rings is 1. The van der Waals surface area contributed by atoms with Crippen LogP contribution in [0.25, 0.3) is 0 Å². The monoisotopic (exact) mass is 279 g/mol. The predicted octanol–water partition coefficient (Wildman–Crippen LogP) is 4.38. The molecule has 19 heavy (non-hydrogen) atoms. The summed E-state index contributed by atoms with van der Waals surface area (Å²) in [6, 6.07) is 7.05. The fraction of sp³-hybridized carbons (Fsp3) is 0.333. The first-order valence-electron chi connectivity index (χ1n) is 6.41. The Morgan fingerprint density at radius 1 is 1.32 bits per heavy atom. The molecular formula is C15H18FNOS. The van der Waals surface area contributed by atoms with E-state index < -0.39 is 0 Å². The molecule has 0 radical (unpaired) electrons. The molecule has 2 nitrogen and oxygen atoms in total. The summed E-state index contributed by atoms with van der Waals surface area (Å²) in [6.07, 6.45) is 2.73. The fourth-order valence-electron chi connectivity index (χ4n) is 1.80. The van der Waals surface area contributed by atoms with Crippen molar-refractivity contribution in [2.24, 2.45) is 0 Å². The number of aryl methyl sites for hydroxylation is 1. The molecule has 4 heteroatoms. The number of hydrogen-bond acceptors (Lipinski definition) is 3. The summed E-state index contributed by atoms with van der Waals surface area (Å²) in [4.78, 5) is 1.93. The topological polar surface area (TPSA) is 25.2 Å². The van der Waals surface area contributed by atoms with Gasteiger partial charge in [-0.1, -0.05) is 18.7 Å². The molecule has 1 N–H and O–H groups in total. The summed E-state index contributed by atoms with van der Waals surface area (Å²) in [6.45, 7) is 5.66. The van der Waals surface area contributed by atoms with Crippen LogP contribution in [0.5, 0.6) is 0 Å². The van der Waals surface area contributed by atoms with Crippen molar-refractivity contribution in [3.63, 3.8) is 0 Å². The lowest BCUT2D eigenvalue weighted by atomic mass is 10.2. The van der Waals surface area contributed by atoms with Crippen molar-refractivity contribution >= 4 is 11.8 Å². The molecule has 0 amide bonds. The fourth-order valence-corrected chi connectivity index (χ4v) is 2.75. The SMILES string of the molecule is CCCNCc1cc(F)cc(Sc2ccoc2C)c1. The van der Waals surface area contributed by atoms with Crippen LogP contribution in [-0.2, 0) is 6.54 Å². The molecule has 1 aromatic carbocycles. The molecule has 102 valence electrons. The van der Waals surface area contributed by atoms with Gasteiger partial charge in [-0.25, -0.2) is 4.39 Å². The van der Waals surface area contributed by atoms with Gasteiger partial charge in [0.1, 0.15) is 11.6 Å². The van der Waals surface area contributed by atoms with Crippen LogP contribution >= 0.6 is 11.8 Å². The van der Waals surface area contributed by atoms with Crippen LogP contribution in [0.1, 0.15) is 24.7 Å². The number of furan rings is 1. The van der Waals surface area contributed by atoms with Crippen molar-refractivity contribution in [3.05, 3.63) is 47.7 Å². The zero-order chi connectivity index (χ0) is 13.7. The Hall–Kier alpha value is -1.26. The van der Waals surface area contributed by atoms with Crippen LogP contribution in [0.2, 0.25) is 0 Å². The van der Waals surface area contributed by atoms with Gasteiger partial charge >= 0.3 is 0 Å². The molecule has 0 unspecified atom stereocenters. The minimum atomic E-state index is -0.195. The first-order valence-corrected chi connectivity index (χ1v) is 7.23. The Bertz CT molecular complexity index is 539. The average Bonchev–Trinajstić information content (AvgIpc) is 2.75. The third-order valence-corrected chi connectivity index (χ3v) is 3.84. The van der Waals surface area contributed by atoms with Crippen LogP contribution in [-0.4, -0.2) is 6.54 Å². The van der Waals surface area contributed by atoms with Gasteiger partial charge in [-0.15, -0.1) is 0 Å². The van der Waals surface area contributed by atoms with Gasteiger partial charge in [0.2, 0.25) is 0 Å². The van der Waals surface area contributed by atoms with Gasteiger partial charge in [-0.05, 0) is 49.7 Å². The maximum Gasteiger partial charge on any atom is 0.124 e. The van der Waals surface area contributed by atoms with Gasteiger partial charge in [0, 0.05) is 11.4 Å². The molecular weight excluding hydrogens is 261 g/mol. The molecule has 2 rings (SSSR count). The van der Waals surface area contributed by atoms with E-state index in [4.69, 9.17) is 4.42 Å². The van der Waals surface area contributed by atoms with E-state index in [2.05, 4.69) is 12.2 Å². The molecule has 0 saturated heterocycles. The molecule has 1 heterocycles. The molecule has 1 aromatic heterocycles. The Balaban J connectivity index is 2.10.